The predicted octanol–water partition coefficient (Wildman–Crippen LogP) is 0.345. The first-order valence-corrected chi connectivity index (χ1v) is 7.33. The highest BCUT2D eigenvalue weighted by molar-refractivity contribution is 5.88. The number of hydrogen-bond acceptors (Lipinski definition) is 6. The summed E-state index contributed by atoms with van der Waals surface area (Å²) in [5.41, 5.74) is -2.74. The highest BCUT2D eigenvalue weighted by Gasteiger charge is 2.40. The number of carboxylic acids is 3. The van der Waals surface area contributed by atoms with Crippen LogP contribution in [-0.4, -0.2) is 70.4 Å². The number of hydrogen-bond donors (Lipinski definition) is 4. The Morgan fingerprint density at radius 1 is 0.739 bits per heavy atom. The zero-order valence-electron chi connectivity index (χ0n) is 12.9. The lowest BCUT2D eigenvalue weighted by molar-refractivity contribution is -0.170. The molecule has 2 fully saturated rings. The van der Waals surface area contributed by atoms with Gasteiger partial charge in [0.05, 0.1) is 12.8 Å². The van der Waals surface area contributed by atoms with Crippen LogP contribution in [0.3, 0.4) is 0 Å². The van der Waals surface area contributed by atoms with E-state index in [1.54, 1.807) is 0 Å². The van der Waals surface area contributed by atoms with E-state index in [0.717, 1.165) is 26.4 Å². The van der Waals surface area contributed by atoms with Crippen molar-refractivity contribution in [3.05, 3.63) is 0 Å². The van der Waals surface area contributed by atoms with E-state index in [2.05, 4.69) is 0 Å². The van der Waals surface area contributed by atoms with Gasteiger partial charge in [0.15, 0.2) is 5.60 Å². The minimum absolute atomic E-state index is 1.00. The second kappa shape index (κ2) is 11.8. The van der Waals surface area contributed by atoms with Crippen molar-refractivity contribution < 1.29 is 44.3 Å². The molecule has 2 saturated heterocycles. The quantitative estimate of drug-likeness (QED) is 0.557. The molecule has 0 aromatic heterocycles. The molecular formula is C14H24O9. The Labute approximate surface area is 133 Å². The fourth-order valence-electron chi connectivity index (χ4n) is 1.73. The van der Waals surface area contributed by atoms with Crippen molar-refractivity contribution in [2.45, 2.75) is 44.1 Å². The van der Waals surface area contributed by atoms with Crippen LogP contribution in [0.25, 0.3) is 0 Å². The number of aliphatic carboxylic acids is 3. The van der Waals surface area contributed by atoms with E-state index >= 15 is 0 Å². The Bertz CT molecular complexity index is 331. The average molecular weight is 336 g/mol. The van der Waals surface area contributed by atoms with Crippen molar-refractivity contribution in [2.75, 3.05) is 26.4 Å². The molecule has 9 nitrogen and oxygen atoms in total. The maximum Gasteiger partial charge on any atom is 0.336 e. The summed E-state index contributed by atoms with van der Waals surface area (Å²) in [7, 11) is 0. The van der Waals surface area contributed by atoms with Crippen LogP contribution in [0, 0.1) is 0 Å². The van der Waals surface area contributed by atoms with Gasteiger partial charge >= 0.3 is 17.9 Å². The number of carboxylic acid groups (broad SMARTS) is 3. The lowest BCUT2D eigenvalue weighted by atomic mass is 9.96. The van der Waals surface area contributed by atoms with Gasteiger partial charge < -0.3 is 29.9 Å². The maximum absolute atomic E-state index is 10.3. The molecule has 0 saturated carbocycles. The molecular weight excluding hydrogens is 312 g/mol. The van der Waals surface area contributed by atoms with Gasteiger partial charge in [-0.2, -0.15) is 0 Å². The van der Waals surface area contributed by atoms with Crippen LogP contribution < -0.4 is 0 Å². The predicted molar refractivity (Wildman–Crippen MR) is 77.2 cm³/mol. The third kappa shape index (κ3) is 11.5. The molecule has 23 heavy (non-hydrogen) atoms. The van der Waals surface area contributed by atoms with E-state index in [1.165, 1.54) is 25.7 Å². The molecule has 0 aromatic rings. The second-order valence-electron chi connectivity index (χ2n) is 5.12. The number of rotatable bonds is 5. The summed E-state index contributed by atoms with van der Waals surface area (Å²) in [4.78, 5) is 30.5. The first kappa shape index (κ1) is 21.3. The van der Waals surface area contributed by atoms with Gasteiger partial charge in [-0.05, 0) is 25.7 Å². The number of ether oxygens (including phenoxy) is 2. The molecule has 2 aliphatic rings. The van der Waals surface area contributed by atoms with Crippen LogP contribution in [-0.2, 0) is 23.9 Å². The molecule has 0 bridgehead atoms. The molecule has 9 heteroatoms. The van der Waals surface area contributed by atoms with Crippen LogP contribution in [0.2, 0.25) is 0 Å². The first-order valence-electron chi connectivity index (χ1n) is 7.33. The summed E-state index contributed by atoms with van der Waals surface area (Å²) < 4.78 is 9.89. The molecule has 0 spiro atoms. The number of aliphatic hydroxyl groups is 1. The van der Waals surface area contributed by atoms with Gasteiger partial charge in [-0.1, -0.05) is 0 Å². The van der Waals surface area contributed by atoms with Gasteiger partial charge in [0.2, 0.25) is 0 Å². The molecule has 134 valence electrons. The lowest BCUT2D eigenvalue weighted by Crippen LogP contribution is -2.42. The minimum Gasteiger partial charge on any atom is -0.481 e. The fourth-order valence-corrected chi connectivity index (χ4v) is 1.73. The van der Waals surface area contributed by atoms with E-state index in [4.69, 9.17) is 29.9 Å². The smallest absolute Gasteiger partial charge is 0.336 e. The molecule has 0 amide bonds. The maximum atomic E-state index is 10.3. The van der Waals surface area contributed by atoms with E-state index in [1.807, 2.05) is 0 Å². The standard InChI is InChI=1S/C6H8O7.2C4H8O/c7-3(8)1-6(13,5(11)12)2-4(9)10;2*1-2-4-5-3-1/h13H,1-2H2,(H,7,8)(H,9,10)(H,11,12);2*1-4H2. The summed E-state index contributed by atoms with van der Waals surface area (Å²) in [6, 6.07) is 0. The topological polar surface area (TPSA) is 151 Å². The summed E-state index contributed by atoms with van der Waals surface area (Å²) >= 11 is 0. The van der Waals surface area contributed by atoms with Crippen LogP contribution in [0.5, 0.6) is 0 Å². The van der Waals surface area contributed by atoms with Gasteiger partial charge in [-0.3, -0.25) is 9.59 Å². The third-order valence-corrected chi connectivity index (χ3v) is 2.94. The highest BCUT2D eigenvalue weighted by atomic mass is 16.5. The van der Waals surface area contributed by atoms with E-state index in [9.17, 15) is 14.4 Å². The molecule has 0 atom stereocenters. The fraction of sp³-hybridized carbons (Fsp3) is 0.786. The Hall–Kier alpha value is -1.71. The summed E-state index contributed by atoms with van der Waals surface area (Å²) in [6.45, 7) is 4.00. The van der Waals surface area contributed by atoms with Gasteiger partial charge in [0.25, 0.3) is 0 Å². The van der Waals surface area contributed by atoms with Crippen LogP contribution in [0.1, 0.15) is 38.5 Å². The Balaban J connectivity index is 0.000000386. The molecule has 0 unspecified atom stereocenters. The molecule has 2 rings (SSSR count). The Kier molecular flexibility index (Phi) is 10.9. The molecule has 2 heterocycles. The lowest BCUT2D eigenvalue weighted by Gasteiger charge is -2.18. The molecule has 2 aliphatic heterocycles. The van der Waals surface area contributed by atoms with E-state index in [-0.39, 0.29) is 0 Å². The van der Waals surface area contributed by atoms with Crippen molar-refractivity contribution in [3.63, 3.8) is 0 Å². The van der Waals surface area contributed by atoms with Crippen molar-refractivity contribution in [1.82, 2.24) is 0 Å². The van der Waals surface area contributed by atoms with E-state index < -0.39 is 36.4 Å². The number of carbonyl (C=O) groups is 3. The van der Waals surface area contributed by atoms with Crippen LogP contribution in [0.4, 0.5) is 0 Å². The Morgan fingerprint density at radius 2 is 1.04 bits per heavy atom. The van der Waals surface area contributed by atoms with Crippen LogP contribution >= 0.6 is 0 Å². The summed E-state index contributed by atoms with van der Waals surface area (Å²) in [5, 5.41) is 33.8. The highest BCUT2D eigenvalue weighted by Crippen LogP contribution is 2.15. The normalized spacial score (nSPS) is 16.6. The average Bonchev–Trinajstić information content (AvgIpc) is 3.16. The molecule has 4 N–H and O–H groups in total. The van der Waals surface area contributed by atoms with E-state index in [0.29, 0.717) is 0 Å². The summed E-state index contributed by atoms with van der Waals surface area (Å²) in [5.74, 6) is -5.02. The first-order chi connectivity index (χ1) is 10.8. The van der Waals surface area contributed by atoms with Crippen molar-refractivity contribution in [1.29, 1.82) is 0 Å². The van der Waals surface area contributed by atoms with Crippen LogP contribution in [0.15, 0.2) is 0 Å². The Morgan fingerprint density at radius 3 is 1.17 bits per heavy atom. The van der Waals surface area contributed by atoms with Gasteiger partial charge in [0, 0.05) is 26.4 Å². The zero-order valence-corrected chi connectivity index (χ0v) is 12.9. The molecule has 0 aliphatic carbocycles. The van der Waals surface area contributed by atoms with Crippen molar-refractivity contribution in [2.24, 2.45) is 0 Å². The molecule has 0 aromatic carbocycles. The second-order valence-corrected chi connectivity index (χ2v) is 5.12. The van der Waals surface area contributed by atoms with Gasteiger partial charge in [-0.15, -0.1) is 0 Å². The largest absolute Gasteiger partial charge is 0.481 e. The zero-order chi connectivity index (χ0) is 17.7. The van der Waals surface area contributed by atoms with Gasteiger partial charge in [0.1, 0.15) is 0 Å². The van der Waals surface area contributed by atoms with Crippen molar-refractivity contribution in [3.8, 4) is 0 Å². The monoisotopic (exact) mass is 336 g/mol. The third-order valence-electron chi connectivity index (χ3n) is 2.94. The minimum atomic E-state index is -2.74. The van der Waals surface area contributed by atoms with Gasteiger partial charge in [-0.25, -0.2) is 4.79 Å². The van der Waals surface area contributed by atoms with Crippen molar-refractivity contribution >= 4 is 17.9 Å². The summed E-state index contributed by atoms with van der Waals surface area (Å²) in [6.07, 6.45) is 2.82. The SMILES string of the molecule is C1CCOC1.C1CCOC1.O=C(O)CC(O)(CC(=O)O)C(=O)O. The molecule has 0 radical (unpaired) electrons.